The number of halogens is 1. The monoisotopic (exact) mass is 309 g/mol. The number of nitrogens with zero attached hydrogens (tertiary/aromatic N) is 1. The summed E-state index contributed by atoms with van der Waals surface area (Å²) < 4.78 is 17.9. The zero-order valence-electron chi connectivity index (χ0n) is 13.5. The number of carbonyl (C=O) groups is 2. The third kappa shape index (κ3) is 6.70. The van der Waals surface area contributed by atoms with Gasteiger partial charge in [-0.2, -0.15) is 0 Å². The molecule has 0 atom stereocenters. The summed E-state index contributed by atoms with van der Waals surface area (Å²) in [5.41, 5.74) is 0.781. The van der Waals surface area contributed by atoms with Crippen molar-refractivity contribution in [1.82, 2.24) is 4.90 Å². The Morgan fingerprint density at radius 2 is 1.86 bits per heavy atom. The molecule has 22 heavy (non-hydrogen) atoms. The lowest BCUT2D eigenvalue weighted by molar-refractivity contribution is -0.149. The molecule has 0 spiro atoms. The van der Waals surface area contributed by atoms with Crippen molar-refractivity contribution in [1.29, 1.82) is 0 Å². The molecule has 0 bridgehead atoms. The summed E-state index contributed by atoms with van der Waals surface area (Å²) >= 11 is 0. The molecule has 0 unspecified atom stereocenters. The van der Waals surface area contributed by atoms with Gasteiger partial charge in [0, 0.05) is 13.0 Å². The van der Waals surface area contributed by atoms with Crippen molar-refractivity contribution >= 4 is 11.9 Å². The fourth-order valence-electron chi connectivity index (χ4n) is 1.98. The van der Waals surface area contributed by atoms with Gasteiger partial charge in [0.15, 0.2) is 0 Å². The lowest BCUT2D eigenvalue weighted by atomic mass is 10.1. The highest BCUT2D eigenvalue weighted by molar-refractivity contribution is 5.82. The van der Waals surface area contributed by atoms with Gasteiger partial charge in [0.05, 0.1) is 6.61 Å². The van der Waals surface area contributed by atoms with Crippen molar-refractivity contribution in [2.45, 2.75) is 40.2 Å². The summed E-state index contributed by atoms with van der Waals surface area (Å²) in [4.78, 5) is 25.4. The van der Waals surface area contributed by atoms with Crippen molar-refractivity contribution < 1.29 is 18.7 Å². The first-order chi connectivity index (χ1) is 10.4. The summed E-state index contributed by atoms with van der Waals surface area (Å²) in [6.07, 6.45) is 1.15. The number of hydrogen-bond acceptors (Lipinski definition) is 3. The lowest BCUT2D eigenvalue weighted by Gasteiger charge is -2.22. The summed E-state index contributed by atoms with van der Waals surface area (Å²) in [6.45, 7) is 6.29. The Morgan fingerprint density at radius 1 is 1.23 bits per heavy atom. The van der Waals surface area contributed by atoms with E-state index in [-0.39, 0.29) is 31.4 Å². The van der Waals surface area contributed by atoms with Gasteiger partial charge >= 0.3 is 5.97 Å². The van der Waals surface area contributed by atoms with Gasteiger partial charge in [0.25, 0.3) is 0 Å². The fraction of sp³-hybridized carbons (Fsp3) is 0.529. The van der Waals surface area contributed by atoms with Gasteiger partial charge in [0.2, 0.25) is 5.91 Å². The SMILES string of the molecule is CCOC(=O)CN(Cc1ccc(F)cc1)C(=O)CCC(C)C. The molecule has 0 aliphatic rings. The largest absolute Gasteiger partial charge is 0.465 e. The molecule has 1 amide bonds. The van der Waals surface area contributed by atoms with Crippen molar-refractivity contribution in [2.75, 3.05) is 13.2 Å². The Hall–Kier alpha value is -1.91. The summed E-state index contributed by atoms with van der Waals surface area (Å²) in [6, 6.07) is 5.92. The predicted molar refractivity (Wildman–Crippen MR) is 82.5 cm³/mol. The molecule has 5 heteroatoms. The maximum atomic E-state index is 12.9. The molecule has 1 aromatic rings. The number of ether oxygens (including phenoxy) is 1. The predicted octanol–water partition coefficient (Wildman–Crippen LogP) is 3.15. The highest BCUT2D eigenvalue weighted by Gasteiger charge is 2.18. The average Bonchev–Trinajstić information content (AvgIpc) is 2.46. The minimum Gasteiger partial charge on any atom is -0.465 e. The molecule has 0 aromatic heterocycles. The molecule has 0 heterocycles. The van der Waals surface area contributed by atoms with Crippen molar-refractivity contribution in [2.24, 2.45) is 5.92 Å². The summed E-state index contributed by atoms with van der Waals surface area (Å²) in [7, 11) is 0. The standard InChI is InChI=1S/C17H24FNO3/c1-4-22-17(21)12-19(16(20)10-5-13(2)3)11-14-6-8-15(18)9-7-14/h6-9,13H,4-5,10-12H2,1-3H3. The molecule has 1 rings (SSSR count). The van der Waals surface area contributed by atoms with Gasteiger partial charge in [-0.15, -0.1) is 0 Å². The third-order valence-corrected chi connectivity index (χ3v) is 3.20. The van der Waals surface area contributed by atoms with Gasteiger partial charge in [-0.3, -0.25) is 9.59 Å². The second kappa shape index (κ2) is 9.18. The van der Waals surface area contributed by atoms with E-state index in [1.54, 1.807) is 19.1 Å². The van der Waals surface area contributed by atoms with Crippen LogP contribution >= 0.6 is 0 Å². The molecule has 0 aliphatic carbocycles. The van der Waals surface area contributed by atoms with Crippen LogP contribution in [0.1, 0.15) is 39.2 Å². The number of carbonyl (C=O) groups excluding carboxylic acids is 2. The maximum Gasteiger partial charge on any atom is 0.325 e. The number of esters is 1. The zero-order valence-corrected chi connectivity index (χ0v) is 13.5. The molecule has 0 N–H and O–H groups in total. The first kappa shape index (κ1) is 18.1. The van der Waals surface area contributed by atoms with E-state index in [1.165, 1.54) is 17.0 Å². The number of benzene rings is 1. The summed E-state index contributed by atoms with van der Waals surface area (Å²) in [5, 5.41) is 0. The van der Waals surface area contributed by atoms with Crippen LogP contribution in [0.5, 0.6) is 0 Å². The molecule has 0 saturated heterocycles. The minimum absolute atomic E-state index is 0.0812. The highest BCUT2D eigenvalue weighted by Crippen LogP contribution is 2.11. The van der Waals surface area contributed by atoms with Crippen LogP contribution < -0.4 is 0 Å². The molecule has 0 fully saturated rings. The van der Waals surface area contributed by atoms with E-state index in [1.807, 2.05) is 13.8 Å². The molecule has 4 nitrogen and oxygen atoms in total. The van der Waals surface area contributed by atoms with E-state index >= 15 is 0 Å². The molecular formula is C17H24FNO3. The van der Waals surface area contributed by atoms with Gasteiger partial charge in [-0.1, -0.05) is 26.0 Å². The Kier molecular flexibility index (Phi) is 7.57. The van der Waals surface area contributed by atoms with E-state index in [0.717, 1.165) is 12.0 Å². The Labute approximate surface area is 131 Å². The van der Waals surface area contributed by atoms with Crippen LogP contribution in [0.4, 0.5) is 4.39 Å². The van der Waals surface area contributed by atoms with Crippen LogP contribution in [0.2, 0.25) is 0 Å². The molecule has 0 saturated carbocycles. The topological polar surface area (TPSA) is 46.6 Å². The molecule has 1 aromatic carbocycles. The third-order valence-electron chi connectivity index (χ3n) is 3.20. The van der Waals surface area contributed by atoms with Crippen LogP contribution in [0.25, 0.3) is 0 Å². The van der Waals surface area contributed by atoms with Crippen LogP contribution in [0.3, 0.4) is 0 Å². The van der Waals surface area contributed by atoms with Crippen LogP contribution in [-0.2, 0) is 20.9 Å². The second-order valence-electron chi connectivity index (χ2n) is 5.61. The van der Waals surface area contributed by atoms with Gasteiger partial charge in [0.1, 0.15) is 12.4 Å². The van der Waals surface area contributed by atoms with Crippen LogP contribution in [0, 0.1) is 11.7 Å². The number of amides is 1. The number of hydrogen-bond donors (Lipinski definition) is 0. The first-order valence-electron chi connectivity index (χ1n) is 7.60. The lowest BCUT2D eigenvalue weighted by Crippen LogP contribution is -2.36. The second-order valence-corrected chi connectivity index (χ2v) is 5.61. The maximum absolute atomic E-state index is 12.9. The van der Waals surface area contributed by atoms with Crippen LogP contribution in [-0.4, -0.2) is 29.9 Å². The average molecular weight is 309 g/mol. The van der Waals surface area contributed by atoms with Gasteiger partial charge in [-0.05, 0) is 37.0 Å². The van der Waals surface area contributed by atoms with Crippen LogP contribution in [0.15, 0.2) is 24.3 Å². The first-order valence-corrected chi connectivity index (χ1v) is 7.60. The Bertz CT molecular complexity index is 485. The van der Waals surface area contributed by atoms with Crippen molar-refractivity contribution in [3.05, 3.63) is 35.6 Å². The smallest absolute Gasteiger partial charge is 0.325 e. The normalized spacial score (nSPS) is 10.6. The van der Waals surface area contributed by atoms with Crippen molar-refractivity contribution in [3.63, 3.8) is 0 Å². The van der Waals surface area contributed by atoms with Gasteiger partial charge in [-0.25, -0.2) is 4.39 Å². The molecular weight excluding hydrogens is 285 g/mol. The van der Waals surface area contributed by atoms with Crippen molar-refractivity contribution in [3.8, 4) is 0 Å². The highest BCUT2D eigenvalue weighted by atomic mass is 19.1. The minimum atomic E-state index is -0.428. The molecule has 0 radical (unpaired) electrons. The van der Waals surface area contributed by atoms with E-state index in [0.29, 0.717) is 12.3 Å². The van der Waals surface area contributed by atoms with E-state index in [4.69, 9.17) is 4.74 Å². The number of rotatable bonds is 8. The van der Waals surface area contributed by atoms with E-state index in [2.05, 4.69) is 0 Å². The molecule has 122 valence electrons. The Morgan fingerprint density at radius 3 is 2.41 bits per heavy atom. The fourth-order valence-corrected chi connectivity index (χ4v) is 1.98. The Balaban J connectivity index is 2.73. The van der Waals surface area contributed by atoms with E-state index < -0.39 is 5.97 Å². The zero-order chi connectivity index (χ0) is 16.5. The van der Waals surface area contributed by atoms with E-state index in [9.17, 15) is 14.0 Å². The molecule has 0 aliphatic heterocycles. The summed E-state index contributed by atoms with van der Waals surface area (Å²) in [5.74, 6) is -0.431. The quantitative estimate of drug-likeness (QED) is 0.693. The van der Waals surface area contributed by atoms with Gasteiger partial charge < -0.3 is 9.64 Å².